The monoisotopic (exact) mass is 269 g/mol. The molecule has 0 bridgehead atoms. The summed E-state index contributed by atoms with van der Waals surface area (Å²) in [5, 5.41) is 11.2. The lowest BCUT2D eigenvalue weighted by Crippen LogP contribution is -2.53. The number of halogens is 1. The minimum Gasteiger partial charge on any atom is -0.482 e. The van der Waals surface area contributed by atoms with Gasteiger partial charge in [0.2, 0.25) is 0 Å². The van der Waals surface area contributed by atoms with Gasteiger partial charge in [-0.2, -0.15) is 0 Å². The van der Waals surface area contributed by atoms with Gasteiger partial charge in [-0.1, -0.05) is 11.6 Å². The number of carbonyl (C=O) groups excluding carboxylic acids is 1. The summed E-state index contributed by atoms with van der Waals surface area (Å²) in [6.45, 7) is 3.53. The molecule has 0 aliphatic heterocycles. The highest BCUT2D eigenvalue weighted by Crippen LogP contribution is 2.41. The highest BCUT2D eigenvalue weighted by atomic mass is 35.5. The smallest absolute Gasteiger partial charge is 0.311 e. The van der Waals surface area contributed by atoms with Crippen molar-refractivity contribution in [2.75, 3.05) is 0 Å². The van der Waals surface area contributed by atoms with Gasteiger partial charge in [0.1, 0.15) is 11.9 Å². The molecule has 0 saturated heterocycles. The molecule has 18 heavy (non-hydrogen) atoms. The van der Waals surface area contributed by atoms with Crippen LogP contribution in [0.4, 0.5) is 5.69 Å². The molecular weight excluding hydrogens is 258 g/mol. The first-order valence-electron chi connectivity index (χ1n) is 5.46. The number of benzene rings is 1. The predicted octanol–water partition coefficient (Wildman–Crippen LogP) is 2.99. The Morgan fingerprint density at radius 1 is 1.50 bits per heavy atom. The standard InChI is InChI=1S/C12H12ClNO4/c1-12(2)10(15)6-11(12)18-9-5-7(13)3-4-8(9)14(16)17/h3-5,11H,6H2,1-2H3. The topological polar surface area (TPSA) is 69.4 Å². The van der Waals surface area contributed by atoms with Crippen molar-refractivity contribution in [3.05, 3.63) is 33.3 Å². The third kappa shape index (κ3) is 2.06. The molecule has 1 aliphatic rings. The summed E-state index contributed by atoms with van der Waals surface area (Å²) in [6, 6.07) is 4.13. The average Bonchev–Trinajstić information content (AvgIpc) is 2.28. The van der Waals surface area contributed by atoms with Gasteiger partial charge >= 0.3 is 5.69 Å². The fourth-order valence-electron chi connectivity index (χ4n) is 1.81. The van der Waals surface area contributed by atoms with Crippen LogP contribution >= 0.6 is 11.6 Å². The Morgan fingerprint density at radius 3 is 2.67 bits per heavy atom. The summed E-state index contributed by atoms with van der Waals surface area (Å²) >= 11 is 5.80. The number of nitrogens with zero attached hydrogens (tertiary/aromatic N) is 1. The zero-order valence-corrected chi connectivity index (χ0v) is 10.7. The minimum atomic E-state index is -0.601. The molecule has 0 aromatic heterocycles. The Balaban J connectivity index is 2.27. The van der Waals surface area contributed by atoms with Crippen LogP contribution in [0.1, 0.15) is 20.3 Å². The van der Waals surface area contributed by atoms with Gasteiger partial charge in [0, 0.05) is 23.6 Å². The lowest BCUT2D eigenvalue weighted by atomic mass is 9.68. The van der Waals surface area contributed by atoms with E-state index in [4.69, 9.17) is 16.3 Å². The number of ketones is 1. The van der Waals surface area contributed by atoms with Crippen LogP contribution in [0.15, 0.2) is 18.2 Å². The first-order chi connectivity index (χ1) is 8.32. The highest BCUT2D eigenvalue weighted by molar-refractivity contribution is 6.30. The van der Waals surface area contributed by atoms with Crippen LogP contribution in [0, 0.1) is 15.5 Å². The minimum absolute atomic E-state index is 0.0946. The first kappa shape index (κ1) is 12.8. The van der Waals surface area contributed by atoms with Crippen LogP contribution in [-0.2, 0) is 4.79 Å². The van der Waals surface area contributed by atoms with Gasteiger partial charge in [0.25, 0.3) is 0 Å². The molecule has 1 aliphatic carbocycles. The van der Waals surface area contributed by atoms with Crippen LogP contribution < -0.4 is 4.74 Å². The van der Waals surface area contributed by atoms with E-state index in [1.807, 2.05) is 0 Å². The molecule has 1 saturated carbocycles. The summed E-state index contributed by atoms with van der Waals surface area (Å²) < 4.78 is 5.56. The van der Waals surface area contributed by atoms with Crippen molar-refractivity contribution in [1.82, 2.24) is 0 Å². The molecule has 96 valence electrons. The predicted molar refractivity (Wildman–Crippen MR) is 65.9 cm³/mol. The first-order valence-corrected chi connectivity index (χ1v) is 5.84. The number of ether oxygens (including phenoxy) is 1. The normalized spacial score (nSPS) is 21.3. The van der Waals surface area contributed by atoms with E-state index in [0.29, 0.717) is 5.02 Å². The molecule has 0 spiro atoms. The zero-order chi connectivity index (χ0) is 13.5. The van der Waals surface area contributed by atoms with Crippen LogP contribution in [0.3, 0.4) is 0 Å². The lowest BCUT2D eigenvalue weighted by molar-refractivity contribution is -0.386. The number of hydrogen-bond donors (Lipinski definition) is 0. The fraction of sp³-hybridized carbons (Fsp3) is 0.417. The van der Waals surface area contributed by atoms with Gasteiger partial charge in [0.05, 0.1) is 10.3 Å². The van der Waals surface area contributed by atoms with Crippen LogP contribution in [-0.4, -0.2) is 16.8 Å². The van der Waals surface area contributed by atoms with E-state index < -0.39 is 10.3 Å². The highest BCUT2D eigenvalue weighted by Gasteiger charge is 2.49. The van der Waals surface area contributed by atoms with Crippen molar-refractivity contribution in [1.29, 1.82) is 0 Å². The number of nitro groups is 1. The van der Waals surface area contributed by atoms with Gasteiger partial charge < -0.3 is 4.74 Å². The molecule has 1 aromatic rings. The van der Waals surface area contributed by atoms with Crippen molar-refractivity contribution < 1.29 is 14.5 Å². The lowest BCUT2D eigenvalue weighted by Gasteiger charge is -2.41. The molecule has 6 heteroatoms. The van der Waals surface area contributed by atoms with E-state index in [-0.39, 0.29) is 29.7 Å². The van der Waals surface area contributed by atoms with E-state index in [0.717, 1.165) is 0 Å². The Hall–Kier alpha value is -1.62. The van der Waals surface area contributed by atoms with Crippen molar-refractivity contribution in [3.8, 4) is 5.75 Å². The Labute approximate surface area is 109 Å². The number of Topliss-reactive ketones (excluding diaryl/α,β-unsaturated/α-hetero) is 1. The van der Waals surface area contributed by atoms with Gasteiger partial charge in [-0.3, -0.25) is 14.9 Å². The third-order valence-corrected chi connectivity index (χ3v) is 3.52. The molecule has 0 heterocycles. The van der Waals surface area contributed by atoms with Crippen LogP contribution in [0.2, 0.25) is 5.02 Å². The molecule has 1 fully saturated rings. The van der Waals surface area contributed by atoms with Crippen LogP contribution in [0.25, 0.3) is 0 Å². The van der Waals surface area contributed by atoms with E-state index in [1.165, 1.54) is 18.2 Å². The van der Waals surface area contributed by atoms with Crippen molar-refractivity contribution in [2.45, 2.75) is 26.4 Å². The van der Waals surface area contributed by atoms with Crippen LogP contribution in [0.5, 0.6) is 5.75 Å². The van der Waals surface area contributed by atoms with Gasteiger partial charge in [-0.25, -0.2) is 0 Å². The average molecular weight is 270 g/mol. The summed E-state index contributed by atoms with van der Waals surface area (Å²) in [6.07, 6.45) is -0.0707. The molecule has 2 rings (SSSR count). The Kier molecular flexibility index (Phi) is 3.02. The molecule has 5 nitrogen and oxygen atoms in total. The quantitative estimate of drug-likeness (QED) is 0.625. The maximum absolute atomic E-state index is 11.4. The molecule has 1 atom stereocenters. The van der Waals surface area contributed by atoms with Gasteiger partial charge in [-0.05, 0) is 19.9 Å². The summed E-state index contributed by atoms with van der Waals surface area (Å²) in [7, 11) is 0. The molecule has 1 unspecified atom stereocenters. The van der Waals surface area contributed by atoms with E-state index in [2.05, 4.69) is 0 Å². The van der Waals surface area contributed by atoms with Crippen molar-refractivity contribution in [2.24, 2.45) is 5.41 Å². The molecule has 0 N–H and O–H groups in total. The number of rotatable bonds is 3. The second-order valence-electron chi connectivity index (χ2n) is 4.82. The van der Waals surface area contributed by atoms with Gasteiger partial charge in [-0.15, -0.1) is 0 Å². The number of nitro benzene ring substituents is 1. The maximum Gasteiger partial charge on any atom is 0.311 e. The molecule has 0 radical (unpaired) electrons. The molecule has 1 aromatic carbocycles. The fourth-order valence-corrected chi connectivity index (χ4v) is 1.97. The summed E-state index contributed by atoms with van der Waals surface area (Å²) in [5.41, 5.74) is -0.745. The van der Waals surface area contributed by atoms with Gasteiger partial charge in [0.15, 0.2) is 5.75 Å². The summed E-state index contributed by atoms with van der Waals surface area (Å²) in [4.78, 5) is 21.7. The Bertz CT molecular complexity index is 527. The van der Waals surface area contributed by atoms with E-state index >= 15 is 0 Å². The van der Waals surface area contributed by atoms with E-state index in [9.17, 15) is 14.9 Å². The largest absolute Gasteiger partial charge is 0.482 e. The maximum atomic E-state index is 11.4. The molecule has 0 amide bonds. The van der Waals surface area contributed by atoms with Crippen molar-refractivity contribution >= 4 is 23.1 Å². The Morgan fingerprint density at radius 2 is 2.17 bits per heavy atom. The molecular formula is C12H12ClNO4. The van der Waals surface area contributed by atoms with Crippen molar-refractivity contribution in [3.63, 3.8) is 0 Å². The number of hydrogen-bond acceptors (Lipinski definition) is 4. The zero-order valence-electron chi connectivity index (χ0n) is 9.97. The third-order valence-electron chi connectivity index (χ3n) is 3.28. The second-order valence-corrected chi connectivity index (χ2v) is 5.26. The number of carbonyl (C=O) groups is 1. The van der Waals surface area contributed by atoms with E-state index in [1.54, 1.807) is 13.8 Å². The summed E-state index contributed by atoms with van der Waals surface area (Å²) in [5.74, 6) is 0.204. The SMILES string of the molecule is CC1(C)C(=O)CC1Oc1cc(Cl)ccc1[N+](=O)[O-]. The second kappa shape index (κ2) is 4.24.